The average molecular weight is 241 g/mol. The number of benzene rings is 1. The molecule has 1 aromatic rings. The van der Waals surface area contributed by atoms with Gasteiger partial charge in [0, 0.05) is 0 Å². The van der Waals surface area contributed by atoms with Crippen molar-refractivity contribution >= 4 is 34.8 Å². The van der Waals surface area contributed by atoms with Crippen LogP contribution in [-0.2, 0) is 14.3 Å². The summed E-state index contributed by atoms with van der Waals surface area (Å²) in [5.41, 5.74) is 6.35. The summed E-state index contributed by atoms with van der Waals surface area (Å²) in [5.74, 6) is -0.809. The molecule has 2 amide bonds. The van der Waals surface area contributed by atoms with E-state index in [4.69, 9.17) is 22.1 Å². The number of nitrogens with two attached hydrogens (primary N) is 1. The van der Waals surface area contributed by atoms with Crippen molar-refractivity contribution in [3.8, 4) is 0 Å². The first-order valence-corrected chi connectivity index (χ1v) is 4.96. The van der Waals surface area contributed by atoms with E-state index in [1.807, 2.05) is 0 Å². The highest BCUT2D eigenvalue weighted by molar-refractivity contribution is 6.33. The minimum atomic E-state index is -0.405. The number of imide groups is 1. The monoisotopic (exact) mass is 240 g/mol. The Labute approximate surface area is 96.7 Å². The zero-order chi connectivity index (χ0) is 11.7. The number of hydrogen-bond acceptors (Lipinski definition) is 4. The summed E-state index contributed by atoms with van der Waals surface area (Å²) >= 11 is 5.75. The molecule has 0 spiro atoms. The molecule has 0 saturated carbocycles. The molecule has 1 aromatic carbocycles. The van der Waals surface area contributed by atoms with E-state index >= 15 is 0 Å². The van der Waals surface area contributed by atoms with Gasteiger partial charge < -0.3 is 10.5 Å². The van der Waals surface area contributed by atoms with Crippen LogP contribution in [0.25, 0.3) is 0 Å². The number of halogens is 1. The molecule has 16 heavy (non-hydrogen) atoms. The molecule has 0 aromatic heterocycles. The summed E-state index contributed by atoms with van der Waals surface area (Å²) in [4.78, 5) is 24.1. The number of morpholine rings is 1. The number of ether oxygens (including phenoxy) is 1. The lowest BCUT2D eigenvalue weighted by Gasteiger charge is -2.25. The van der Waals surface area contributed by atoms with E-state index in [-0.39, 0.29) is 13.2 Å². The third-order valence-electron chi connectivity index (χ3n) is 2.19. The van der Waals surface area contributed by atoms with Gasteiger partial charge in [0.1, 0.15) is 13.2 Å². The molecule has 2 rings (SSSR count). The fourth-order valence-electron chi connectivity index (χ4n) is 1.45. The van der Waals surface area contributed by atoms with Crippen molar-refractivity contribution in [3.63, 3.8) is 0 Å². The highest BCUT2D eigenvalue weighted by atomic mass is 35.5. The molecule has 84 valence electrons. The Kier molecular flexibility index (Phi) is 2.80. The molecule has 1 aliphatic rings. The van der Waals surface area contributed by atoms with Crippen molar-refractivity contribution in [1.82, 2.24) is 0 Å². The van der Waals surface area contributed by atoms with Gasteiger partial charge in [0.25, 0.3) is 11.8 Å². The minimum Gasteiger partial charge on any atom is -0.397 e. The first-order chi connectivity index (χ1) is 7.59. The Balaban J connectivity index is 2.38. The molecule has 0 radical (unpaired) electrons. The highest BCUT2D eigenvalue weighted by Crippen LogP contribution is 2.26. The van der Waals surface area contributed by atoms with E-state index in [0.717, 1.165) is 4.90 Å². The largest absolute Gasteiger partial charge is 0.397 e. The molecule has 5 nitrogen and oxygen atoms in total. The van der Waals surface area contributed by atoms with E-state index in [1.165, 1.54) is 6.07 Å². The van der Waals surface area contributed by atoms with Crippen LogP contribution < -0.4 is 10.6 Å². The molecular formula is C10H9ClN2O3. The van der Waals surface area contributed by atoms with Crippen molar-refractivity contribution in [2.24, 2.45) is 0 Å². The number of carbonyl (C=O) groups excluding carboxylic acids is 2. The van der Waals surface area contributed by atoms with Crippen LogP contribution in [0.15, 0.2) is 18.2 Å². The van der Waals surface area contributed by atoms with Crippen molar-refractivity contribution in [3.05, 3.63) is 23.2 Å². The van der Waals surface area contributed by atoms with Crippen LogP contribution in [0.1, 0.15) is 0 Å². The number of nitrogen functional groups attached to an aromatic ring is 1. The van der Waals surface area contributed by atoms with Gasteiger partial charge in [0.2, 0.25) is 0 Å². The molecule has 1 heterocycles. The Hall–Kier alpha value is -1.59. The quantitative estimate of drug-likeness (QED) is 0.583. The summed E-state index contributed by atoms with van der Waals surface area (Å²) in [7, 11) is 0. The zero-order valence-corrected chi connectivity index (χ0v) is 9.03. The van der Waals surface area contributed by atoms with Crippen LogP contribution in [0.4, 0.5) is 11.4 Å². The average Bonchev–Trinajstić information content (AvgIpc) is 2.23. The second-order valence-corrected chi connectivity index (χ2v) is 3.73. The number of nitrogens with zero attached hydrogens (tertiary/aromatic N) is 1. The van der Waals surface area contributed by atoms with Crippen molar-refractivity contribution in [2.45, 2.75) is 0 Å². The summed E-state index contributed by atoms with van der Waals surface area (Å²) in [6, 6.07) is 4.60. The lowest BCUT2D eigenvalue weighted by molar-refractivity contribution is -0.138. The lowest BCUT2D eigenvalue weighted by atomic mass is 10.2. The van der Waals surface area contributed by atoms with Gasteiger partial charge in [-0.2, -0.15) is 0 Å². The van der Waals surface area contributed by atoms with E-state index in [0.29, 0.717) is 16.4 Å². The SMILES string of the molecule is Nc1cc(N2C(=O)COCC2=O)ccc1Cl. The number of amides is 2. The van der Waals surface area contributed by atoms with Gasteiger partial charge in [0.15, 0.2) is 0 Å². The van der Waals surface area contributed by atoms with Crippen LogP contribution >= 0.6 is 11.6 Å². The maximum atomic E-state index is 11.5. The first kappa shape index (κ1) is 10.9. The normalized spacial score (nSPS) is 16.7. The molecule has 1 aliphatic heterocycles. The summed E-state index contributed by atoms with van der Waals surface area (Å²) in [6.45, 7) is -0.206. The van der Waals surface area contributed by atoms with Gasteiger partial charge >= 0.3 is 0 Å². The van der Waals surface area contributed by atoms with Gasteiger partial charge in [-0.15, -0.1) is 0 Å². The lowest BCUT2D eigenvalue weighted by Crippen LogP contribution is -2.46. The van der Waals surface area contributed by atoms with Gasteiger partial charge in [-0.25, -0.2) is 4.90 Å². The van der Waals surface area contributed by atoms with Gasteiger partial charge in [-0.1, -0.05) is 11.6 Å². The number of rotatable bonds is 1. The second-order valence-electron chi connectivity index (χ2n) is 3.32. The highest BCUT2D eigenvalue weighted by Gasteiger charge is 2.28. The van der Waals surface area contributed by atoms with Crippen LogP contribution in [0.2, 0.25) is 5.02 Å². The third-order valence-corrected chi connectivity index (χ3v) is 2.53. The van der Waals surface area contributed by atoms with Crippen LogP contribution in [-0.4, -0.2) is 25.0 Å². The molecule has 1 saturated heterocycles. The van der Waals surface area contributed by atoms with E-state index in [9.17, 15) is 9.59 Å². The van der Waals surface area contributed by atoms with Crippen molar-refractivity contribution in [2.75, 3.05) is 23.8 Å². The van der Waals surface area contributed by atoms with Crippen LogP contribution in [0.5, 0.6) is 0 Å². The van der Waals surface area contributed by atoms with Gasteiger partial charge in [-0.05, 0) is 18.2 Å². The molecule has 0 unspecified atom stereocenters. The molecule has 0 bridgehead atoms. The van der Waals surface area contributed by atoms with Gasteiger partial charge in [0.05, 0.1) is 16.4 Å². The first-order valence-electron chi connectivity index (χ1n) is 4.58. The molecule has 1 fully saturated rings. The Morgan fingerprint density at radius 1 is 1.25 bits per heavy atom. The zero-order valence-electron chi connectivity index (χ0n) is 8.27. The topological polar surface area (TPSA) is 72.6 Å². The maximum Gasteiger partial charge on any atom is 0.259 e. The fraction of sp³-hybridized carbons (Fsp3) is 0.200. The second kappa shape index (κ2) is 4.11. The van der Waals surface area contributed by atoms with Crippen LogP contribution in [0.3, 0.4) is 0 Å². The predicted octanol–water partition coefficient (Wildman–Crippen LogP) is 0.812. The number of anilines is 2. The summed E-state index contributed by atoms with van der Waals surface area (Å²) in [5, 5.41) is 0.386. The van der Waals surface area contributed by atoms with E-state index in [1.54, 1.807) is 12.1 Å². The number of carbonyl (C=O) groups is 2. The molecular weight excluding hydrogens is 232 g/mol. The molecule has 0 aliphatic carbocycles. The molecule has 2 N–H and O–H groups in total. The smallest absolute Gasteiger partial charge is 0.259 e. The van der Waals surface area contributed by atoms with Crippen LogP contribution in [0, 0.1) is 0 Å². The fourth-order valence-corrected chi connectivity index (χ4v) is 1.57. The van der Waals surface area contributed by atoms with Crippen molar-refractivity contribution < 1.29 is 14.3 Å². The standard InChI is InChI=1S/C10H9ClN2O3/c11-7-2-1-6(3-8(7)12)13-9(14)4-16-5-10(13)15/h1-3H,4-5,12H2. The summed E-state index contributed by atoms with van der Waals surface area (Å²) < 4.78 is 4.80. The van der Waals surface area contributed by atoms with E-state index in [2.05, 4.69) is 0 Å². The Bertz CT molecular complexity index is 445. The minimum absolute atomic E-state index is 0.103. The molecule has 6 heteroatoms. The third kappa shape index (κ3) is 1.87. The van der Waals surface area contributed by atoms with Gasteiger partial charge in [-0.3, -0.25) is 9.59 Å². The summed E-state index contributed by atoms with van der Waals surface area (Å²) in [6.07, 6.45) is 0. The van der Waals surface area contributed by atoms with Crippen molar-refractivity contribution in [1.29, 1.82) is 0 Å². The number of hydrogen-bond donors (Lipinski definition) is 1. The maximum absolute atomic E-state index is 11.5. The van der Waals surface area contributed by atoms with E-state index < -0.39 is 11.8 Å². The predicted molar refractivity (Wildman–Crippen MR) is 59.2 cm³/mol. The Morgan fingerprint density at radius 2 is 1.88 bits per heavy atom. The molecule has 0 atom stereocenters. The Morgan fingerprint density at radius 3 is 2.44 bits per heavy atom.